The molecule has 0 unspecified atom stereocenters. The zero-order chi connectivity index (χ0) is 34.2. The Morgan fingerprint density at radius 1 is 1.00 bits per heavy atom. The van der Waals surface area contributed by atoms with Crippen molar-refractivity contribution in [2.75, 3.05) is 37.8 Å². The Hall–Kier alpha value is -2.63. The van der Waals surface area contributed by atoms with Gasteiger partial charge in [-0.1, -0.05) is 48.3 Å². The Morgan fingerprint density at radius 3 is 2.42 bits per heavy atom. The van der Waals surface area contributed by atoms with Crippen molar-refractivity contribution in [2.24, 2.45) is 13.0 Å². The van der Waals surface area contributed by atoms with Crippen LogP contribution in [0.5, 0.6) is 0 Å². The Bertz CT molecular complexity index is 1760. The summed E-state index contributed by atoms with van der Waals surface area (Å²) in [6.45, 7) is 4.73. The molecule has 0 bridgehead atoms. The van der Waals surface area contributed by atoms with E-state index in [1.807, 2.05) is 40.8 Å². The van der Waals surface area contributed by atoms with Crippen molar-refractivity contribution < 1.29 is 22.7 Å². The second kappa shape index (κ2) is 14.7. The van der Waals surface area contributed by atoms with Crippen LogP contribution >= 0.6 is 23.2 Å². The number of piperidine rings is 1. The van der Waals surface area contributed by atoms with Gasteiger partial charge >= 0.3 is 0 Å². The fraction of sp³-hybridized carbons (Fsp3) is 0.556. The summed E-state index contributed by atoms with van der Waals surface area (Å²) in [6.07, 6.45) is 9.81. The maximum atomic E-state index is 14.0. The molecule has 1 aromatic heterocycles. The lowest BCUT2D eigenvalue weighted by Crippen LogP contribution is -2.46. The molecule has 1 N–H and O–H groups in total. The van der Waals surface area contributed by atoms with Crippen molar-refractivity contribution >= 4 is 61.4 Å². The molecule has 1 aliphatic carbocycles. The average molecular weight is 718 g/mol. The number of ether oxygens (including phenoxy) is 1. The van der Waals surface area contributed by atoms with E-state index in [0.29, 0.717) is 65.9 Å². The minimum Gasteiger partial charge on any atom is -0.376 e. The number of aromatic nitrogens is 1. The molecule has 3 heterocycles. The predicted octanol–water partition coefficient (Wildman–Crippen LogP) is 6.35. The third-order valence-corrected chi connectivity index (χ3v) is 13.0. The van der Waals surface area contributed by atoms with Gasteiger partial charge < -0.3 is 19.5 Å². The highest BCUT2D eigenvalue weighted by molar-refractivity contribution is 7.91. The normalized spacial score (nSPS) is 24.3. The third kappa shape index (κ3) is 7.88. The van der Waals surface area contributed by atoms with E-state index in [0.717, 1.165) is 48.9 Å². The van der Waals surface area contributed by atoms with Gasteiger partial charge in [0.25, 0.3) is 5.91 Å². The predicted molar refractivity (Wildman–Crippen MR) is 192 cm³/mol. The van der Waals surface area contributed by atoms with Gasteiger partial charge in [-0.3, -0.25) is 14.5 Å². The fourth-order valence-corrected chi connectivity index (χ4v) is 9.26. The molecule has 3 fully saturated rings. The zero-order valence-electron chi connectivity index (χ0n) is 28.0. The lowest BCUT2D eigenvalue weighted by molar-refractivity contribution is -0.133. The van der Waals surface area contributed by atoms with Gasteiger partial charge in [-0.2, -0.15) is 0 Å². The molecule has 2 aromatic carbocycles. The minimum atomic E-state index is -3.07. The Kier molecular flexibility index (Phi) is 10.8. The molecule has 2 aliphatic heterocycles. The zero-order valence-corrected chi connectivity index (χ0v) is 30.3. The van der Waals surface area contributed by atoms with Crippen LogP contribution < -0.4 is 5.32 Å². The Morgan fingerprint density at radius 2 is 1.71 bits per heavy atom. The number of fused-ring (bicyclic) bond motifs is 1. The number of rotatable bonds is 9. The van der Waals surface area contributed by atoms with Crippen LogP contribution in [0, 0.1) is 5.92 Å². The summed E-state index contributed by atoms with van der Waals surface area (Å²) in [4.78, 5) is 31.5. The molecular weight excluding hydrogens is 671 g/mol. The van der Waals surface area contributed by atoms with Crippen LogP contribution in [0.4, 0.5) is 5.69 Å². The summed E-state index contributed by atoms with van der Waals surface area (Å²) in [5.74, 6) is 0.371. The number of likely N-dealkylation sites (tertiary alicyclic amines) is 2. The lowest BCUT2D eigenvalue weighted by atomic mass is 9.89. The second-order valence-electron chi connectivity index (χ2n) is 14.1. The molecule has 48 heavy (non-hydrogen) atoms. The summed E-state index contributed by atoms with van der Waals surface area (Å²) in [5.41, 5.74) is 2.44. The van der Waals surface area contributed by atoms with Crippen LogP contribution in [0.3, 0.4) is 0 Å². The molecule has 260 valence electrons. The lowest BCUT2D eigenvalue weighted by Gasteiger charge is -2.35. The molecule has 1 saturated carbocycles. The smallest absolute Gasteiger partial charge is 0.257 e. The van der Waals surface area contributed by atoms with Crippen LogP contribution in [-0.4, -0.2) is 90.5 Å². The van der Waals surface area contributed by atoms with Gasteiger partial charge in [-0.05, 0) is 87.7 Å². The van der Waals surface area contributed by atoms with E-state index in [2.05, 4.69) is 17.1 Å². The average Bonchev–Trinajstić information content (AvgIpc) is 3.64. The Balaban J connectivity index is 1.14. The van der Waals surface area contributed by atoms with Crippen LogP contribution in [0.2, 0.25) is 10.0 Å². The number of carbonyl (C=O) groups is 2. The molecule has 6 rings (SSSR count). The molecule has 2 saturated heterocycles. The van der Waals surface area contributed by atoms with Gasteiger partial charge in [-0.15, -0.1) is 0 Å². The van der Waals surface area contributed by atoms with Crippen molar-refractivity contribution in [3.05, 3.63) is 63.8 Å². The summed E-state index contributed by atoms with van der Waals surface area (Å²) >= 11 is 13.4. The van der Waals surface area contributed by atoms with E-state index in [1.165, 1.54) is 6.26 Å². The number of sulfone groups is 1. The number of hydrogen-bond acceptors (Lipinski definition) is 6. The molecule has 0 spiro atoms. The van der Waals surface area contributed by atoms with Crippen molar-refractivity contribution in [1.29, 1.82) is 0 Å². The SMILES string of the molecule is Cn1cc(C(=O)Nc2cc(Cl)c(CC(=O)N3C[C@@H](N4CCC(S(C)(=O)=O)CC4)C[C@H]3CO[C@H]3CC[C@H](C)CC3)cc2Cl)c2ccccc21. The summed E-state index contributed by atoms with van der Waals surface area (Å²) < 4.78 is 32.6. The van der Waals surface area contributed by atoms with Gasteiger partial charge in [0, 0.05) is 48.0 Å². The number of aryl methyl sites for hydroxylation is 1. The molecule has 0 radical (unpaired) electrons. The van der Waals surface area contributed by atoms with Gasteiger partial charge in [0.15, 0.2) is 0 Å². The number of halogens is 2. The Labute approximate surface area is 293 Å². The van der Waals surface area contributed by atoms with Gasteiger partial charge in [-0.25, -0.2) is 8.42 Å². The molecule has 9 nitrogen and oxygen atoms in total. The summed E-state index contributed by atoms with van der Waals surface area (Å²) in [5, 5.41) is 4.09. The van der Waals surface area contributed by atoms with Gasteiger partial charge in [0.2, 0.25) is 5.91 Å². The number of carbonyl (C=O) groups excluding carboxylic acids is 2. The molecule has 12 heteroatoms. The molecule has 3 aromatic rings. The van der Waals surface area contributed by atoms with E-state index < -0.39 is 9.84 Å². The van der Waals surface area contributed by atoms with Crippen LogP contribution in [0.25, 0.3) is 10.9 Å². The molecular formula is C36H46Cl2N4O5S. The fourth-order valence-electron chi connectivity index (χ4n) is 7.73. The van der Waals surface area contributed by atoms with Crippen LogP contribution in [0.15, 0.2) is 42.6 Å². The first-order chi connectivity index (χ1) is 22.9. The number of nitrogens with zero attached hydrogens (tertiary/aromatic N) is 3. The van der Waals surface area contributed by atoms with Crippen molar-refractivity contribution in [3.63, 3.8) is 0 Å². The van der Waals surface area contributed by atoms with Gasteiger partial charge in [0.1, 0.15) is 9.84 Å². The first kappa shape index (κ1) is 35.2. The quantitative estimate of drug-likeness (QED) is 0.277. The number of amides is 2. The molecule has 2 amide bonds. The first-order valence-corrected chi connectivity index (χ1v) is 19.8. The van der Waals surface area contributed by atoms with E-state index in [4.69, 9.17) is 27.9 Å². The van der Waals surface area contributed by atoms with E-state index >= 15 is 0 Å². The van der Waals surface area contributed by atoms with E-state index in [9.17, 15) is 18.0 Å². The van der Waals surface area contributed by atoms with Crippen LogP contribution in [0.1, 0.15) is 67.8 Å². The monoisotopic (exact) mass is 716 g/mol. The molecule has 3 aliphatic rings. The first-order valence-electron chi connectivity index (χ1n) is 17.0. The van der Waals surface area contributed by atoms with E-state index in [1.54, 1.807) is 18.3 Å². The number of nitrogens with one attached hydrogen (secondary N) is 1. The van der Waals surface area contributed by atoms with Crippen molar-refractivity contribution in [3.8, 4) is 0 Å². The van der Waals surface area contributed by atoms with Crippen molar-refractivity contribution in [2.45, 2.75) is 81.7 Å². The molecule has 2 atom stereocenters. The summed E-state index contributed by atoms with van der Waals surface area (Å²) in [7, 11) is -1.17. The number of anilines is 1. The maximum absolute atomic E-state index is 14.0. The highest BCUT2D eigenvalue weighted by Crippen LogP contribution is 2.34. The van der Waals surface area contributed by atoms with E-state index in [-0.39, 0.29) is 41.7 Å². The standard InChI is InChI=1S/C36H46Cl2N4O5S/c1-23-8-10-27(11-9-23)47-22-26-18-25(41-14-12-28(13-15-41)48(3,45)46)20-42(26)35(43)17-24-16-32(38)33(19-31(24)37)39-36(44)30-21-40(2)34-7-5-4-6-29(30)34/h4-7,16,19,21,23,25-28H,8-15,17-18,20,22H2,1-3H3,(H,39,44)/t23-,25-,26-,27-/m0/s1. The van der Waals surface area contributed by atoms with Crippen LogP contribution in [-0.2, 0) is 32.8 Å². The second-order valence-corrected chi connectivity index (χ2v) is 17.2. The largest absolute Gasteiger partial charge is 0.376 e. The topological polar surface area (TPSA) is 101 Å². The summed E-state index contributed by atoms with van der Waals surface area (Å²) in [6, 6.07) is 11.0. The number of benzene rings is 2. The maximum Gasteiger partial charge on any atom is 0.257 e. The number of hydrogen-bond donors (Lipinski definition) is 1. The van der Waals surface area contributed by atoms with Gasteiger partial charge in [0.05, 0.1) is 46.7 Å². The third-order valence-electron chi connectivity index (χ3n) is 10.7. The number of para-hydroxylation sites is 1. The minimum absolute atomic E-state index is 0.0557. The van der Waals surface area contributed by atoms with Crippen molar-refractivity contribution in [1.82, 2.24) is 14.4 Å². The highest BCUT2D eigenvalue weighted by Gasteiger charge is 2.40. The highest BCUT2D eigenvalue weighted by atomic mass is 35.5.